The maximum absolute atomic E-state index is 12.8. The van der Waals surface area contributed by atoms with E-state index in [2.05, 4.69) is 11.8 Å². The van der Waals surface area contributed by atoms with Crippen molar-refractivity contribution >= 4 is 6.29 Å². The Morgan fingerprint density at radius 2 is 2.36 bits per heavy atom. The Bertz CT molecular complexity index is 388. The van der Waals surface area contributed by atoms with E-state index in [9.17, 15) is 9.18 Å². The van der Waals surface area contributed by atoms with Gasteiger partial charge in [-0.05, 0) is 31.0 Å². The lowest BCUT2D eigenvalue weighted by Gasteiger charge is -2.04. The molecule has 14 heavy (non-hydrogen) atoms. The van der Waals surface area contributed by atoms with Crippen LogP contribution in [0.4, 0.5) is 4.39 Å². The number of hydrogen-bond donors (Lipinski definition) is 0. The first-order valence-corrected chi connectivity index (χ1v) is 4.15. The molecule has 0 aliphatic carbocycles. The van der Waals surface area contributed by atoms with Crippen LogP contribution < -0.4 is 4.74 Å². The lowest BCUT2D eigenvalue weighted by Crippen LogP contribution is -1.94. The molecule has 0 N–H and O–H groups in total. The SMILES string of the molecule is CCOc1ccc(F)cc1C#CC=O. The Morgan fingerprint density at radius 3 is 3.00 bits per heavy atom. The molecular formula is C11H9FO2. The van der Waals surface area contributed by atoms with Gasteiger partial charge in [0.15, 0.2) is 6.29 Å². The van der Waals surface area contributed by atoms with E-state index in [1.165, 1.54) is 18.2 Å². The van der Waals surface area contributed by atoms with Crippen LogP contribution >= 0.6 is 0 Å². The number of hydrogen-bond acceptors (Lipinski definition) is 2. The van der Waals surface area contributed by atoms with Gasteiger partial charge in [0.2, 0.25) is 0 Å². The second-order valence-corrected chi connectivity index (χ2v) is 2.46. The zero-order valence-corrected chi connectivity index (χ0v) is 7.71. The molecule has 0 unspecified atom stereocenters. The number of carbonyl (C=O) groups excluding carboxylic acids is 1. The fourth-order valence-electron chi connectivity index (χ4n) is 0.988. The summed E-state index contributed by atoms with van der Waals surface area (Å²) in [7, 11) is 0. The molecule has 0 fully saturated rings. The van der Waals surface area contributed by atoms with Crippen molar-refractivity contribution in [3.05, 3.63) is 29.6 Å². The van der Waals surface area contributed by atoms with Gasteiger partial charge < -0.3 is 4.74 Å². The quantitative estimate of drug-likeness (QED) is 0.527. The topological polar surface area (TPSA) is 26.3 Å². The molecule has 3 heteroatoms. The first-order chi connectivity index (χ1) is 6.77. The number of aldehydes is 1. The van der Waals surface area contributed by atoms with Crippen molar-refractivity contribution in [2.75, 3.05) is 6.61 Å². The number of ether oxygens (including phenoxy) is 1. The lowest BCUT2D eigenvalue weighted by atomic mass is 10.2. The van der Waals surface area contributed by atoms with Crippen LogP contribution in [0.1, 0.15) is 12.5 Å². The fraction of sp³-hybridized carbons (Fsp3) is 0.182. The van der Waals surface area contributed by atoms with Gasteiger partial charge in [0.05, 0.1) is 12.2 Å². The van der Waals surface area contributed by atoms with Gasteiger partial charge in [-0.25, -0.2) is 4.39 Å². The van der Waals surface area contributed by atoms with E-state index in [0.717, 1.165) is 0 Å². The third-order valence-electron chi connectivity index (χ3n) is 1.51. The molecule has 0 aromatic heterocycles. The molecule has 1 aromatic carbocycles. The summed E-state index contributed by atoms with van der Waals surface area (Å²) in [5.74, 6) is 4.81. The summed E-state index contributed by atoms with van der Waals surface area (Å²) in [6, 6.07) is 4.02. The normalized spacial score (nSPS) is 8.71. The van der Waals surface area contributed by atoms with Crippen LogP contribution in [-0.4, -0.2) is 12.9 Å². The summed E-state index contributed by atoms with van der Waals surface area (Å²) in [5, 5.41) is 0. The molecule has 0 heterocycles. The van der Waals surface area contributed by atoms with E-state index in [0.29, 0.717) is 24.2 Å². The van der Waals surface area contributed by atoms with Crippen molar-refractivity contribution in [1.82, 2.24) is 0 Å². The van der Waals surface area contributed by atoms with Crippen LogP contribution in [0.5, 0.6) is 5.75 Å². The van der Waals surface area contributed by atoms with Crippen LogP contribution in [0.25, 0.3) is 0 Å². The van der Waals surface area contributed by atoms with Crippen molar-refractivity contribution in [3.63, 3.8) is 0 Å². The van der Waals surface area contributed by atoms with E-state index < -0.39 is 5.82 Å². The Balaban J connectivity index is 3.08. The summed E-state index contributed by atoms with van der Waals surface area (Å²) in [6.45, 7) is 2.29. The van der Waals surface area contributed by atoms with E-state index in [1.807, 2.05) is 6.92 Å². The molecule has 0 aliphatic heterocycles. The van der Waals surface area contributed by atoms with Crippen molar-refractivity contribution in [3.8, 4) is 17.6 Å². The molecule has 0 spiro atoms. The van der Waals surface area contributed by atoms with Crippen molar-refractivity contribution in [2.45, 2.75) is 6.92 Å². The minimum absolute atomic E-state index is 0.388. The predicted molar refractivity (Wildman–Crippen MR) is 50.5 cm³/mol. The van der Waals surface area contributed by atoms with Gasteiger partial charge in [-0.15, -0.1) is 0 Å². The molecule has 0 aliphatic rings. The number of rotatable bonds is 2. The van der Waals surface area contributed by atoms with E-state index in [-0.39, 0.29) is 0 Å². The zero-order valence-electron chi connectivity index (χ0n) is 7.71. The smallest absolute Gasteiger partial charge is 0.193 e. The van der Waals surface area contributed by atoms with Crippen molar-refractivity contribution < 1.29 is 13.9 Å². The maximum atomic E-state index is 12.8. The van der Waals surface area contributed by atoms with Gasteiger partial charge in [0, 0.05) is 0 Å². The van der Waals surface area contributed by atoms with Gasteiger partial charge in [0.25, 0.3) is 0 Å². The molecule has 72 valence electrons. The average Bonchev–Trinajstić information content (AvgIpc) is 2.18. The predicted octanol–water partition coefficient (Wildman–Crippen LogP) is 1.77. The summed E-state index contributed by atoms with van der Waals surface area (Å²) in [5.41, 5.74) is 0.388. The maximum Gasteiger partial charge on any atom is 0.193 e. The van der Waals surface area contributed by atoms with Crippen LogP contribution in [0, 0.1) is 17.7 Å². The highest BCUT2D eigenvalue weighted by Gasteiger charge is 2.01. The number of halogens is 1. The Hall–Kier alpha value is -1.82. The third kappa shape index (κ3) is 2.60. The van der Waals surface area contributed by atoms with Crippen LogP contribution in [0.2, 0.25) is 0 Å². The second-order valence-electron chi connectivity index (χ2n) is 2.46. The first kappa shape index (κ1) is 10.3. The molecule has 0 saturated carbocycles. The molecule has 1 rings (SSSR count). The molecule has 0 amide bonds. The van der Waals surface area contributed by atoms with Crippen molar-refractivity contribution in [1.29, 1.82) is 0 Å². The molecular weight excluding hydrogens is 183 g/mol. The average molecular weight is 192 g/mol. The minimum Gasteiger partial charge on any atom is -0.493 e. The molecule has 0 atom stereocenters. The summed E-state index contributed by atoms with van der Waals surface area (Å²) >= 11 is 0. The van der Waals surface area contributed by atoms with Gasteiger partial charge >= 0.3 is 0 Å². The van der Waals surface area contributed by atoms with Crippen molar-refractivity contribution in [2.24, 2.45) is 0 Å². The van der Waals surface area contributed by atoms with E-state index >= 15 is 0 Å². The summed E-state index contributed by atoms with van der Waals surface area (Å²) in [6.07, 6.45) is 0.459. The lowest BCUT2D eigenvalue weighted by molar-refractivity contribution is -0.103. The number of carbonyl (C=O) groups is 1. The van der Waals surface area contributed by atoms with Gasteiger partial charge in [-0.1, -0.05) is 5.92 Å². The van der Waals surface area contributed by atoms with Gasteiger partial charge in [-0.2, -0.15) is 0 Å². The highest BCUT2D eigenvalue weighted by Crippen LogP contribution is 2.18. The number of benzene rings is 1. The monoisotopic (exact) mass is 192 g/mol. The second kappa shape index (κ2) is 5.03. The summed E-state index contributed by atoms with van der Waals surface area (Å²) < 4.78 is 18.0. The van der Waals surface area contributed by atoms with Crippen LogP contribution in [-0.2, 0) is 4.79 Å². The minimum atomic E-state index is -0.399. The Kier molecular flexibility index (Phi) is 3.69. The largest absolute Gasteiger partial charge is 0.493 e. The Morgan fingerprint density at radius 1 is 1.57 bits per heavy atom. The molecule has 1 aromatic rings. The van der Waals surface area contributed by atoms with E-state index in [1.54, 1.807) is 0 Å². The highest BCUT2D eigenvalue weighted by atomic mass is 19.1. The molecule has 2 nitrogen and oxygen atoms in total. The van der Waals surface area contributed by atoms with Gasteiger partial charge in [0.1, 0.15) is 11.6 Å². The molecule has 0 saturated heterocycles. The standard InChI is InChI=1S/C11H9FO2/c1-2-14-11-6-5-10(12)8-9(11)4-3-7-13/h5-8H,2H2,1H3. The van der Waals surface area contributed by atoms with E-state index in [4.69, 9.17) is 4.74 Å². The van der Waals surface area contributed by atoms with Gasteiger partial charge in [-0.3, -0.25) is 4.79 Å². The van der Waals surface area contributed by atoms with Crippen LogP contribution in [0.3, 0.4) is 0 Å². The first-order valence-electron chi connectivity index (χ1n) is 4.15. The highest BCUT2D eigenvalue weighted by molar-refractivity contribution is 5.74. The fourth-order valence-corrected chi connectivity index (χ4v) is 0.988. The molecule has 0 radical (unpaired) electrons. The summed E-state index contributed by atoms with van der Waals surface area (Å²) in [4.78, 5) is 10.0. The zero-order chi connectivity index (χ0) is 10.4. The third-order valence-corrected chi connectivity index (χ3v) is 1.51. The van der Waals surface area contributed by atoms with Crippen LogP contribution in [0.15, 0.2) is 18.2 Å². The molecule has 0 bridgehead atoms. The Labute approximate surface area is 81.7 Å².